The monoisotopic (exact) mass is 304 g/mol. The lowest BCUT2D eigenvalue weighted by Gasteiger charge is -2.09. The summed E-state index contributed by atoms with van der Waals surface area (Å²) in [4.78, 5) is 14.3. The number of para-hydroxylation sites is 1. The fourth-order valence-corrected chi connectivity index (χ4v) is 3.13. The molecule has 0 saturated carbocycles. The van der Waals surface area contributed by atoms with E-state index in [0.717, 1.165) is 5.56 Å². The number of hydrogen-bond acceptors (Lipinski definition) is 5. The molecule has 1 aliphatic heterocycles. The molecule has 0 aliphatic carbocycles. The zero-order valence-electron chi connectivity index (χ0n) is 10.8. The highest BCUT2D eigenvalue weighted by Crippen LogP contribution is 2.33. The molecule has 0 atom stereocenters. The first-order valence-electron chi connectivity index (χ1n) is 6.01. The number of likely N-dealkylation sites (N-methyl/N-ethyl adjacent to an activating group) is 1. The second kappa shape index (κ2) is 6.55. The fourth-order valence-electron chi connectivity index (χ4n) is 1.76. The second-order valence-electron chi connectivity index (χ2n) is 3.91. The Morgan fingerprint density at radius 2 is 2.25 bits per heavy atom. The number of nitrogens with zero attached hydrogens (tertiary/aromatic N) is 2. The van der Waals surface area contributed by atoms with Crippen molar-refractivity contribution in [1.82, 2.24) is 4.90 Å². The van der Waals surface area contributed by atoms with Crippen LogP contribution in [0.1, 0.15) is 12.5 Å². The van der Waals surface area contributed by atoms with Crippen LogP contribution in [0.3, 0.4) is 0 Å². The van der Waals surface area contributed by atoms with E-state index in [-0.39, 0.29) is 12.5 Å². The van der Waals surface area contributed by atoms with Crippen LogP contribution in [0.15, 0.2) is 29.2 Å². The van der Waals surface area contributed by atoms with Crippen molar-refractivity contribution in [2.75, 3.05) is 13.2 Å². The molecule has 0 bridgehead atoms. The van der Waals surface area contributed by atoms with Gasteiger partial charge >= 0.3 is 0 Å². The number of amides is 1. The number of thiocarbonyl (C=S) groups is 1. The van der Waals surface area contributed by atoms with E-state index >= 15 is 0 Å². The molecule has 1 heterocycles. The Kier molecular flexibility index (Phi) is 4.77. The standard InChI is InChI=1S/C14H12N2O2S2/c1-2-16-13(17)12(20-14(16)19)9-10-5-3-4-6-11(10)18-8-7-15/h3-6,9H,2,8H2,1H3/b12-9+. The summed E-state index contributed by atoms with van der Waals surface area (Å²) in [6, 6.07) is 9.20. The summed E-state index contributed by atoms with van der Waals surface area (Å²) < 4.78 is 5.91. The number of benzene rings is 1. The van der Waals surface area contributed by atoms with Gasteiger partial charge in [0, 0.05) is 12.1 Å². The number of ether oxygens (including phenoxy) is 1. The molecule has 1 saturated heterocycles. The third-order valence-corrected chi connectivity index (χ3v) is 4.07. The van der Waals surface area contributed by atoms with Crippen molar-refractivity contribution >= 4 is 40.3 Å². The predicted molar refractivity (Wildman–Crippen MR) is 83.1 cm³/mol. The number of thioether (sulfide) groups is 1. The van der Waals surface area contributed by atoms with Crippen LogP contribution in [-0.2, 0) is 4.79 Å². The summed E-state index contributed by atoms with van der Waals surface area (Å²) in [5, 5.41) is 8.57. The van der Waals surface area contributed by atoms with E-state index < -0.39 is 0 Å². The van der Waals surface area contributed by atoms with Gasteiger partial charge in [-0.1, -0.05) is 42.2 Å². The van der Waals surface area contributed by atoms with Crippen LogP contribution in [0.25, 0.3) is 6.08 Å². The molecule has 2 rings (SSSR count). The molecular weight excluding hydrogens is 292 g/mol. The quantitative estimate of drug-likeness (QED) is 0.632. The molecule has 6 heteroatoms. The minimum absolute atomic E-state index is 0.0270. The SMILES string of the molecule is CCN1C(=O)/C(=C\c2ccccc2OCC#N)SC1=S. The zero-order chi connectivity index (χ0) is 14.5. The van der Waals surface area contributed by atoms with Crippen molar-refractivity contribution in [3.05, 3.63) is 34.7 Å². The lowest BCUT2D eigenvalue weighted by Crippen LogP contribution is -2.27. The average Bonchev–Trinajstić information content (AvgIpc) is 2.72. The molecule has 0 unspecified atom stereocenters. The van der Waals surface area contributed by atoms with Crippen LogP contribution >= 0.6 is 24.0 Å². The Balaban J connectivity index is 2.30. The molecule has 1 fully saturated rings. The summed E-state index contributed by atoms with van der Waals surface area (Å²) in [5.41, 5.74) is 0.763. The highest BCUT2D eigenvalue weighted by atomic mass is 32.2. The van der Waals surface area contributed by atoms with E-state index in [0.29, 0.717) is 21.5 Å². The summed E-state index contributed by atoms with van der Waals surface area (Å²) >= 11 is 6.45. The predicted octanol–water partition coefficient (Wildman–Crippen LogP) is 2.81. The normalized spacial score (nSPS) is 16.6. The summed E-state index contributed by atoms with van der Waals surface area (Å²) in [6.07, 6.45) is 1.75. The Labute approximate surface area is 127 Å². The van der Waals surface area contributed by atoms with Crippen LogP contribution in [0.2, 0.25) is 0 Å². The van der Waals surface area contributed by atoms with Crippen LogP contribution in [0.4, 0.5) is 0 Å². The Bertz CT molecular complexity index is 620. The third kappa shape index (κ3) is 3.00. The molecule has 1 aromatic rings. The van der Waals surface area contributed by atoms with Gasteiger partial charge in [0.05, 0.1) is 4.91 Å². The van der Waals surface area contributed by atoms with Crippen LogP contribution in [-0.4, -0.2) is 28.3 Å². The van der Waals surface area contributed by atoms with Gasteiger partial charge in [-0.15, -0.1) is 0 Å². The van der Waals surface area contributed by atoms with Gasteiger partial charge in [-0.05, 0) is 19.1 Å². The lowest BCUT2D eigenvalue weighted by atomic mass is 10.2. The topological polar surface area (TPSA) is 53.3 Å². The van der Waals surface area contributed by atoms with Crippen molar-refractivity contribution in [1.29, 1.82) is 5.26 Å². The maximum atomic E-state index is 12.1. The molecule has 1 aliphatic rings. The van der Waals surface area contributed by atoms with Gasteiger partial charge in [0.15, 0.2) is 6.61 Å². The smallest absolute Gasteiger partial charge is 0.266 e. The van der Waals surface area contributed by atoms with Gasteiger partial charge in [0.2, 0.25) is 0 Å². The van der Waals surface area contributed by atoms with Gasteiger partial charge in [-0.25, -0.2) is 0 Å². The van der Waals surface area contributed by atoms with Gasteiger partial charge < -0.3 is 4.74 Å². The molecule has 20 heavy (non-hydrogen) atoms. The minimum Gasteiger partial charge on any atom is -0.478 e. The van der Waals surface area contributed by atoms with Gasteiger partial charge in [-0.3, -0.25) is 9.69 Å². The number of hydrogen-bond donors (Lipinski definition) is 0. The highest BCUT2D eigenvalue weighted by Gasteiger charge is 2.30. The van der Waals surface area contributed by atoms with E-state index in [1.54, 1.807) is 17.0 Å². The van der Waals surface area contributed by atoms with E-state index in [2.05, 4.69) is 0 Å². The first-order valence-corrected chi connectivity index (χ1v) is 7.24. The Hall–Kier alpha value is -1.84. The van der Waals surface area contributed by atoms with Gasteiger partial charge in [-0.2, -0.15) is 5.26 Å². The zero-order valence-corrected chi connectivity index (χ0v) is 12.5. The third-order valence-electron chi connectivity index (χ3n) is 2.69. The molecule has 0 aromatic heterocycles. The molecule has 0 N–H and O–H groups in total. The maximum absolute atomic E-state index is 12.1. The van der Waals surface area contributed by atoms with Crippen molar-refractivity contribution in [2.45, 2.75) is 6.92 Å². The second-order valence-corrected chi connectivity index (χ2v) is 5.59. The van der Waals surface area contributed by atoms with Gasteiger partial charge in [0.25, 0.3) is 5.91 Å². The lowest BCUT2D eigenvalue weighted by molar-refractivity contribution is -0.121. The van der Waals surface area contributed by atoms with Crippen molar-refractivity contribution < 1.29 is 9.53 Å². The molecule has 102 valence electrons. The van der Waals surface area contributed by atoms with Crippen LogP contribution in [0.5, 0.6) is 5.75 Å². The van der Waals surface area contributed by atoms with Gasteiger partial charge in [0.1, 0.15) is 16.1 Å². The highest BCUT2D eigenvalue weighted by molar-refractivity contribution is 8.26. The Morgan fingerprint density at radius 3 is 2.90 bits per heavy atom. The first-order chi connectivity index (χ1) is 9.67. The van der Waals surface area contributed by atoms with Crippen LogP contribution < -0.4 is 4.74 Å². The summed E-state index contributed by atoms with van der Waals surface area (Å²) in [5.74, 6) is 0.494. The van der Waals surface area contributed by atoms with E-state index in [1.807, 2.05) is 31.2 Å². The summed E-state index contributed by atoms with van der Waals surface area (Å²) in [7, 11) is 0. The minimum atomic E-state index is -0.0856. The largest absolute Gasteiger partial charge is 0.478 e. The van der Waals surface area contributed by atoms with Crippen molar-refractivity contribution in [2.24, 2.45) is 0 Å². The van der Waals surface area contributed by atoms with E-state index in [9.17, 15) is 4.79 Å². The maximum Gasteiger partial charge on any atom is 0.266 e. The number of nitriles is 1. The first kappa shape index (κ1) is 14.6. The molecule has 0 radical (unpaired) electrons. The summed E-state index contributed by atoms with van der Waals surface area (Å²) in [6.45, 7) is 2.42. The average molecular weight is 304 g/mol. The molecule has 0 spiro atoms. The van der Waals surface area contributed by atoms with E-state index in [1.165, 1.54) is 11.8 Å². The molecular formula is C14H12N2O2S2. The molecule has 1 aromatic carbocycles. The van der Waals surface area contributed by atoms with Crippen LogP contribution in [0, 0.1) is 11.3 Å². The van der Waals surface area contributed by atoms with Crippen molar-refractivity contribution in [3.63, 3.8) is 0 Å². The fraction of sp³-hybridized carbons (Fsp3) is 0.214. The molecule has 1 amide bonds. The number of rotatable bonds is 4. The molecule has 4 nitrogen and oxygen atoms in total. The number of carbonyl (C=O) groups is 1. The van der Waals surface area contributed by atoms with Crippen molar-refractivity contribution in [3.8, 4) is 11.8 Å². The Morgan fingerprint density at radius 1 is 1.50 bits per heavy atom. The van der Waals surface area contributed by atoms with E-state index in [4.69, 9.17) is 22.2 Å². The number of carbonyl (C=O) groups excluding carboxylic acids is 1.